The number of para-hydroxylation sites is 1. The minimum absolute atomic E-state index is 0.0581. The summed E-state index contributed by atoms with van der Waals surface area (Å²) in [5, 5.41) is 1.91. The number of pyridine rings is 1. The minimum atomic E-state index is -2.54. The van der Waals surface area contributed by atoms with Crippen LogP contribution in [0.3, 0.4) is 0 Å². The van der Waals surface area contributed by atoms with Crippen LogP contribution in [0.4, 0.5) is 0 Å². The first-order valence-electron chi connectivity index (χ1n) is 18.7. The molecule has 4 aromatic carbocycles. The Balaban J connectivity index is 1.46. The van der Waals surface area contributed by atoms with Crippen LogP contribution in [0.1, 0.15) is 77.3 Å². The first kappa shape index (κ1) is 20.7. The molecule has 0 N–H and O–H groups in total. The van der Waals surface area contributed by atoms with Gasteiger partial charge in [0, 0.05) is 37.6 Å². The van der Waals surface area contributed by atoms with E-state index in [1.165, 1.54) is 0 Å². The maximum Gasteiger partial charge on any atom is 0.216 e. The lowest BCUT2D eigenvalue weighted by Gasteiger charge is -2.34. The van der Waals surface area contributed by atoms with E-state index < -0.39 is 19.6 Å². The van der Waals surface area contributed by atoms with E-state index in [0.717, 1.165) is 51.5 Å². The van der Waals surface area contributed by atoms with Crippen LogP contribution in [0.5, 0.6) is 0 Å². The standard InChI is InChI=1S/C41H42NO/c1-26-15-17-35-34-14-10-13-33(30-11-8-7-9-12-30)39(34)43-40(35)38(26)37-24-36(28(3)25-42(37)6)32-18-16-31(23-27(32)2)29-19-21-41(4,5)22-20-29/h7-18,23-25,29H,19-22H2,1-6H3/q+1/i2D3,3D3,29D. The number of aromatic nitrogens is 1. The molecule has 2 nitrogen and oxygen atoms in total. The SMILES string of the molecule is [2H]C([2H])([2H])c1cc(C2([2H])CCC(C)(C)CC2)ccc1-c1cc(-c2c(C)ccc3c2oc2c(-c4ccccc4)cccc23)[n+](C)cc1C([2H])([2H])[2H]. The Labute approximate surface area is 265 Å². The number of fused-ring (bicyclic) bond motifs is 3. The minimum Gasteiger partial charge on any atom is -0.454 e. The Morgan fingerprint density at radius 2 is 1.53 bits per heavy atom. The van der Waals surface area contributed by atoms with E-state index in [0.29, 0.717) is 40.8 Å². The van der Waals surface area contributed by atoms with Gasteiger partial charge in [0.15, 0.2) is 6.20 Å². The summed E-state index contributed by atoms with van der Waals surface area (Å²) in [6.07, 6.45) is 4.63. The van der Waals surface area contributed by atoms with Crippen LogP contribution in [0.25, 0.3) is 55.4 Å². The molecule has 0 amide bonds. The second-order valence-corrected chi connectivity index (χ2v) is 12.9. The van der Waals surface area contributed by atoms with Gasteiger partial charge in [-0.05, 0) is 91.0 Å². The molecule has 0 unspecified atom stereocenters. The Kier molecular flexibility index (Phi) is 5.06. The number of furan rings is 1. The Morgan fingerprint density at radius 3 is 2.30 bits per heavy atom. The highest BCUT2D eigenvalue weighted by molar-refractivity contribution is 6.13. The molecular formula is C41H42NO+. The fraction of sp³-hybridized carbons (Fsp3) is 0.293. The van der Waals surface area contributed by atoms with Crippen molar-refractivity contribution in [1.82, 2.24) is 0 Å². The molecule has 0 spiro atoms. The number of rotatable bonds is 4. The van der Waals surface area contributed by atoms with Crippen molar-refractivity contribution in [1.29, 1.82) is 0 Å². The zero-order valence-corrected chi connectivity index (χ0v) is 25.3. The van der Waals surface area contributed by atoms with E-state index in [2.05, 4.69) is 32.0 Å². The van der Waals surface area contributed by atoms with Gasteiger partial charge in [0.05, 0.1) is 5.56 Å². The molecule has 0 bridgehead atoms. The zero-order valence-electron chi connectivity index (χ0n) is 32.3. The summed E-state index contributed by atoms with van der Waals surface area (Å²) in [5.41, 5.74) is 7.48. The third-order valence-corrected chi connectivity index (χ3v) is 9.42. The third-order valence-electron chi connectivity index (χ3n) is 9.42. The van der Waals surface area contributed by atoms with E-state index in [1.807, 2.05) is 62.5 Å². The van der Waals surface area contributed by atoms with E-state index in [4.69, 9.17) is 12.6 Å². The average molecular weight is 572 g/mol. The number of nitrogens with zero attached hydrogens (tertiary/aromatic N) is 1. The summed E-state index contributed by atoms with van der Waals surface area (Å²) in [5.74, 6) is -0.901. The predicted molar refractivity (Wildman–Crippen MR) is 180 cm³/mol. The third kappa shape index (κ3) is 4.87. The second-order valence-electron chi connectivity index (χ2n) is 12.9. The Bertz CT molecular complexity index is 2250. The van der Waals surface area contributed by atoms with Crippen molar-refractivity contribution in [2.45, 2.75) is 66.1 Å². The summed E-state index contributed by atoms with van der Waals surface area (Å²) >= 11 is 0. The first-order valence-corrected chi connectivity index (χ1v) is 15.2. The van der Waals surface area contributed by atoms with Crippen molar-refractivity contribution in [3.63, 3.8) is 0 Å². The molecule has 2 heterocycles. The van der Waals surface area contributed by atoms with Crippen LogP contribution >= 0.6 is 0 Å². The highest BCUT2D eigenvalue weighted by atomic mass is 16.3. The molecule has 1 aliphatic rings. The maximum atomic E-state index is 9.36. The lowest BCUT2D eigenvalue weighted by molar-refractivity contribution is -0.660. The van der Waals surface area contributed by atoms with Crippen LogP contribution in [0.15, 0.2) is 95.5 Å². The summed E-state index contributed by atoms with van der Waals surface area (Å²) in [7, 11) is 1.81. The molecule has 6 aromatic rings. The number of hydrogen-bond donors (Lipinski definition) is 0. The molecule has 0 radical (unpaired) electrons. The summed E-state index contributed by atoms with van der Waals surface area (Å²) in [4.78, 5) is 0. The molecule has 1 aliphatic carbocycles. The lowest BCUT2D eigenvalue weighted by Crippen LogP contribution is -2.31. The van der Waals surface area contributed by atoms with E-state index >= 15 is 0 Å². The Hall–Kier alpha value is -4.17. The van der Waals surface area contributed by atoms with Gasteiger partial charge in [0.2, 0.25) is 5.69 Å². The predicted octanol–water partition coefficient (Wildman–Crippen LogP) is 11.0. The van der Waals surface area contributed by atoms with Gasteiger partial charge in [-0.25, -0.2) is 4.57 Å². The highest BCUT2D eigenvalue weighted by Crippen LogP contribution is 2.44. The molecule has 216 valence electrons. The second kappa shape index (κ2) is 10.5. The van der Waals surface area contributed by atoms with Crippen molar-refractivity contribution in [3.05, 3.63) is 113 Å². The molecule has 0 atom stereocenters. The van der Waals surface area contributed by atoms with Crippen molar-refractivity contribution in [2.75, 3.05) is 0 Å². The van der Waals surface area contributed by atoms with E-state index in [9.17, 15) is 1.37 Å². The first-order chi connectivity index (χ1) is 23.5. The van der Waals surface area contributed by atoms with Crippen LogP contribution < -0.4 is 4.57 Å². The molecule has 0 saturated heterocycles. The van der Waals surface area contributed by atoms with Gasteiger partial charge in [-0.2, -0.15) is 0 Å². The molecule has 0 aliphatic heterocycles. The van der Waals surface area contributed by atoms with Gasteiger partial charge in [0.25, 0.3) is 0 Å². The summed E-state index contributed by atoms with van der Waals surface area (Å²) in [6.45, 7) is 1.36. The number of aryl methyl sites for hydroxylation is 4. The lowest BCUT2D eigenvalue weighted by atomic mass is 9.71. The Morgan fingerprint density at radius 1 is 0.767 bits per heavy atom. The topological polar surface area (TPSA) is 17.0 Å². The molecule has 1 fully saturated rings. The smallest absolute Gasteiger partial charge is 0.216 e. The summed E-state index contributed by atoms with van der Waals surface area (Å²) in [6, 6.07) is 27.3. The number of benzene rings is 4. The van der Waals surface area contributed by atoms with E-state index in [1.54, 1.807) is 29.0 Å². The van der Waals surface area contributed by atoms with Crippen LogP contribution in [-0.4, -0.2) is 0 Å². The molecule has 7 rings (SSSR count). The quantitative estimate of drug-likeness (QED) is 0.192. The zero-order chi connectivity index (χ0) is 35.8. The van der Waals surface area contributed by atoms with Crippen molar-refractivity contribution in [3.8, 4) is 33.5 Å². The van der Waals surface area contributed by atoms with Crippen LogP contribution in [0.2, 0.25) is 0 Å². The van der Waals surface area contributed by atoms with Crippen molar-refractivity contribution < 1.29 is 18.6 Å². The molecule has 2 aromatic heterocycles. The average Bonchev–Trinajstić information content (AvgIpc) is 3.44. The normalized spacial score (nSPS) is 19.1. The molecular weight excluding hydrogens is 522 g/mol. The largest absolute Gasteiger partial charge is 0.454 e. The number of hydrogen-bond acceptors (Lipinski definition) is 1. The van der Waals surface area contributed by atoms with Gasteiger partial charge >= 0.3 is 0 Å². The fourth-order valence-electron chi connectivity index (χ4n) is 6.76. The van der Waals surface area contributed by atoms with Gasteiger partial charge < -0.3 is 4.42 Å². The van der Waals surface area contributed by atoms with Crippen LogP contribution in [-0.2, 0) is 7.05 Å². The van der Waals surface area contributed by atoms with Crippen LogP contribution in [0, 0.1) is 26.0 Å². The van der Waals surface area contributed by atoms with E-state index in [-0.39, 0.29) is 16.5 Å². The molecule has 1 saturated carbocycles. The summed E-state index contributed by atoms with van der Waals surface area (Å²) < 4.78 is 69.2. The van der Waals surface area contributed by atoms with Gasteiger partial charge in [0.1, 0.15) is 18.2 Å². The van der Waals surface area contributed by atoms with Crippen molar-refractivity contribution in [2.24, 2.45) is 12.5 Å². The van der Waals surface area contributed by atoms with Crippen molar-refractivity contribution >= 4 is 21.9 Å². The van der Waals surface area contributed by atoms with Gasteiger partial charge in [-0.15, -0.1) is 0 Å². The van der Waals surface area contributed by atoms with Gasteiger partial charge in [-0.3, -0.25) is 0 Å². The fourth-order valence-corrected chi connectivity index (χ4v) is 6.76. The molecule has 2 heteroatoms. The van der Waals surface area contributed by atoms with Gasteiger partial charge in [-0.1, -0.05) is 92.7 Å². The molecule has 43 heavy (non-hydrogen) atoms. The monoisotopic (exact) mass is 571 g/mol. The maximum absolute atomic E-state index is 9.36. The highest BCUT2D eigenvalue weighted by Gasteiger charge is 2.28.